The van der Waals surface area contributed by atoms with Crippen LogP contribution in [0.25, 0.3) is 0 Å². The standard InChI is InChI=1S/C21H25NO2/c1-2-24-20(23)21(18-11-7-4-8-12-18)15-19(21)16-22-14-13-17-9-5-3-6-10-17/h3-12,19,22H,2,13-16H2,1H3. The second-order valence-electron chi connectivity index (χ2n) is 6.40. The molecule has 0 aliphatic heterocycles. The van der Waals surface area contributed by atoms with Crippen molar-refractivity contribution in [3.05, 3.63) is 71.8 Å². The highest BCUT2D eigenvalue weighted by Crippen LogP contribution is 2.54. The minimum atomic E-state index is -0.447. The molecule has 0 aromatic heterocycles. The number of carbonyl (C=O) groups is 1. The van der Waals surface area contributed by atoms with Crippen LogP contribution in [-0.2, 0) is 21.4 Å². The molecule has 0 heterocycles. The smallest absolute Gasteiger partial charge is 0.316 e. The summed E-state index contributed by atoms with van der Waals surface area (Å²) >= 11 is 0. The van der Waals surface area contributed by atoms with Gasteiger partial charge in [0.1, 0.15) is 0 Å². The molecule has 3 rings (SSSR count). The van der Waals surface area contributed by atoms with Crippen LogP contribution in [0.4, 0.5) is 0 Å². The van der Waals surface area contributed by atoms with Crippen LogP contribution in [0.15, 0.2) is 60.7 Å². The first-order valence-electron chi connectivity index (χ1n) is 8.74. The predicted molar refractivity (Wildman–Crippen MR) is 95.9 cm³/mol. The Morgan fingerprint density at radius 2 is 1.79 bits per heavy atom. The summed E-state index contributed by atoms with van der Waals surface area (Å²) in [5.74, 6) is 0.237. The number of rotatable bonds is 8. The zero-order valence-electron chi connectivity index (χ0n) is 14.2. The first-order chi connectivity index (χ1) is 11.8. The molecule has 3 nitrogen and oxygen atoms in total. The van der Waals surface area contributed by atoms with E-state index in [0.717, 1.165) is 31.5 Å². The largest absolute Gasteiger partial charge is 0.465 e. The molecule has 1 N–H and O–H groups in total. The zero-order valence-corrected chi connectivity index (χ0v) is 14.2. The molecule has 0 radical (unpaired) electrons. The summed E-state index contributed by atoms with van der Waals surface area (Å²) in [4.78, 5) is 12.5. The van der Waals surface area contributed by atoms with Crippen molar-refractivity contribution in [2.24, 2.45) is 5.92 Å². The summed E-state index contributed by atoms with van der Waals surface area (Å²) in [6.07, 6.45) is 1.87. The normalized spacial score (nSPS) is 22.1. The third-order valence-corrected chi connectivity index (χ3v) is 4.86. The number of benzene rings is 2. The molecule has 0 spiro atoms. The number of esters is 1. The molecule has 0 amide bonds. The first kappa shape index (κ1) is 16.7. The predicted octanol–water partition coefficient (Wildman–Crippen LogP) is 3.34. The molecule has 126 valence electrons. The van der Waals surface area contributed by atoms with Crippen LogP contribution in [-0.4, -0.2) is 25.7 Å². The third-order valence-electron chi connectivity index (χ3n) is 4.86. The van der Waals surface area contributed by atoms with E-state index in [1.54, 1.807) is 0 Å². The fourth-order valence-corrected chi connectivity index (χ4v) is 3.45. The van der Waals surface area contributed by atoms with E-state index >= 15 is 0 Å². The highest BCUT2D eigenvalue weighted by atomic mass is 16.5. The van der Waals surface area contributed by atoms with Crippen molar-refractivity contribution >= 4 is 5.97 Å². The van der Waals surface area contributed by atoms with Gasteiger partial charge in [0.05, 0.1) is 12.0 Å². The first-order valence-corrected chi connectivity index (χ1v) is 8.74. The minimum absolute atomic E-state index is 0.0777. The Morgan fingerprint density at radius 3 is 2.46 bits per heavy atom. The monoisotopic (exact) mass is 323 g/mol. The van der Waals surface area contributed by atoms with Gasteiger partial charge in [0, 0.05) is 0 Å². The van der Waals surface area contributed by atoms with Crippen LogP contribution in [0.1, 0.15) is 24.5 Å². The van der Waals surface area contributed by atoms with E-state index in [1.807, 2.05) is 43.3 Å². The van der Waals surface area contributed by atoms with Gasteiger partial charge in [-0.25, -0.2) is 0 Å². The van der Waals surface area contributed by atoms with Crippen LogP contribution in [0.5, 0.6) is 0 Å². The molecule has 2 atom stereocenters. The maximum Gasteiger partial charge on any atom is 0.316 e. The van der Waals surface area contributed by atoms with Gasteiger partial charge in [-0.2, -0.15) is 0 Å². The highest BCUT2D eigenvalue weighted by molar-refractivity contribution is 5.87. The molecular weight excluding hydrogens is 298 g/mol. The van der Waals surface area contributed by atoms with Gasteiger partial charge < -0.3 is 10.1 Å². The Hall–Kier alpha value is -2.13. The molecule has 1 fully saturated rings. The van der Waals surface area contributed by atoms with Crippen molar-refractivity contribution in [3.8, 4) is 0 Å². The SMILES string of the molecule is CCOC(=O)C1(c2ccccc2)CC1CNCCc1ccccc1. The molecule has 1 aliphatic rings. The Morgan fingerprint density at radius 1 is 1.12 bits per heavy atom. The Labute approximate surface area is 144 Å². The molecule has 3 heteroatoms. The van der Waals surface area contributed by atoms with Crippen molar-refractivity contribution in [2.75, 3.05) is 19.7 Å². The number of hydrogen-bond donors (Lipinski definition) is 1. The lowest BCUT2D eigenvalue weighted by Gasteiger charge is -2.17. The number of carbonyl (C=O) groups excluding carboxylic acids is 1. The van der Waals surface area contributed by atoms with E-state index in [2.05, 4.69) is 29.6 Å². The maximum absolute atomic E-state index is 12.5. The number of ether oxygens (including phenoxy) is 1. The van der Waals surface area contributed by atoms with Crippen LogP contribution in [0, 0.1) is 5.92 Å². The van der Waals surface area contributed by atoms with Gasteiger partial charge in [-0.05, 0) is 49.9 Å². The lowest BCUT2D eigenvalue weighted by atomic mass is 9.93. The number of nitrogens with one attached hydrogen (secondary N) is 1. The lowest BCUT2D eigenvalue weighted by molar-refractivity contribution is -0.146. The van der Waals surface area contributed by atoms with E-state index in [1.165, 1.54) is 5.56 Å². The van der Waals surface area contributed by atoms with Crippen molar-refractivity contribution in [2.45, 2.75) is 25.2 Å². The van der Waals surface area contributed by atoms with E-state index < -0.39 is 5.41 Å². The number of hydrogen-bond acceptors (Lipinski definition) is 3. The van der Waals surface area contributed by atoms with Crippen molar-refractivity contribution < 1.29 is 9.53 Å². The molecule has 0 bridgehead atoms. The summed E-state index contributed by atoms with van der Waals surface area (Å²) < 4.78 is 5.36. The maximum atomic E-state index is 12.5. The molecule has 2 aromatic carbocycles. The molecule has 2 unspecified atom stereocenters. The van der Waals surface area contributed by atoms with Gasteiger partial charge in [0.15, 0.2) is 0 Å². The van der Waals surface area contributed by atoms with Gasteiger partial charge in [-0.1, -0.05) is 60.7 Å². The third kappa shape index (κ3) is 3.51. The van der Waals surface area contributed by atoms with Crippen molar-refractivity contribution in [3.63, 3.8) is 0 Å². The molecule has 0 saturated heterocycles. The molecule has 2 aromatic rings. The van der Waals surface area contributed by atoms with Crippen LogP contribution in [0.3, 0.4) is 0 Å². The molecule has 24 heavy (non-hydrogen) atoms. The van der Waals surface area contributed by atoms with E-state index in [-0.39, 0.29) is 5.97 Å². The zero-order chi connectivity index (χ0) is 16.8. The Balaban J connectivity index is 1.57. The van der Waals surface area contributed by atoms with Gasteiger partial charge >= 0.3 is 5.97 Å². The summed E-state index contributed by atoms with van der Waals surface area (Å²) in [6.45, 7) is 4.07. The van der Waals surface area contributed by atoms with Crippen LogP contribution < -0.4 is 5.32 Å². The lowest BCUT2D eigenvalue weighted by Crippen LogP contribution is -2.30. The molecule has 1 aliphatic carbocycles. The Bertz CT molecular complexity index is 656. The quantitative estimate of drug-likeness (QED) is 0.598. The molecule has 1 saturated carbocycles. The summed E-state index contributed by atoms with van der Waals surface area (Å²) in [5.41, 5.74) is 1.97. The van der Waals surface area contributed by atoms with Gasteiger partial charge in [-0.15, -0.1) is 0 Å². The van der Waals surface area contributed by atoms with Crippen LogP contribution >= 0.6 is 0 Å². The van der Waals surface area contributed by atoms with Gasteiger partial charge in [0.2, 0.25) is 0 Å². The summed E-state index contributed by atoms with van der Waals surface area (Å²) in [5, 5.41) is 3.51. The molecular formula is C21H25NO2. The highest BCUT2D eigenvalue weighted by Gasteiger charge is 2.61. The average Bonchev–Trinajstić information content (AvgIpc) is 3.36. The van der Waals surface area contributed by atoms with Crippen molar-refractivity contribution in [1.82, 2.24) is 5.32 Å². The minimum Gasteiger partial charge on any atom is -0.465 e. The van der Waals surface area contributed by atoms with Gasteiger partial charge in [0.25, 0.3) is 0 Å². The second-order valence-corrected chi connectivity index (χ2v) is 6.40. The van der Waals surface area contributed by atoms with E-state index in [0.29, 0.717) is 12.5 Å². The van der Waals surface area contributed by atoms with Crippen molar-refractivity contribution in [1.29, 1.82) is 0 Å². The summed E-state index contributed by atoms with van der Waals surface area (Å²) in [6, 6.07) is 20.5. The average molecular weight is 323 g/mol. The second kappa shape index (κ2) is 7.63. The van der Waals surface area contributed by atoms with E-state index in [9.17, 15) is 4.79 Å². The fourth-order valence-electron chi connectivity index (χ4n) is 3.45. The van der Waals surface area contributed by atoms with Gasteiger partial charge in [-0.3, -0.25) is 4.79 Å². The fraction of sp³-hybridized carbons (Fsp3) is 0.381. The van der Waals surface area contributed by atoms with Crippen LogP contribution in [0.2, 0.25) is 0 Å². The Kier molecular flexibility index (Phi) is 5.31. The topological polar surface area (TPSA) is 38.3 Å². The van der Waals surface area contributed by atoms with E-state index in [4.69, 9.17) is 4.74 Å². The summed E-state index contributed by atoms with van der Waals surface area (Å²) in [7, 11) is 0.